The molecule has 2 rings (SSSR count). The van der Waals surface area contributed by atoms with E-state index in [0.29, 0.717) is 12.0 Å². The number of halogens is 2. The summed E-state index contributed by atoms with van der Waals surface area (Å²) in [5.74, 6) is -0.290. The highest BCUT2D eigenvalue weighted by atomic mass is 35.5. The highest BCUT2D eigenvalue weighted by Crippen LogP contribution is 2.29. The first-order valence-electron chi connectivity index (χ1n) is 4.49. The smallest absolute Gasteiger partial charge is 0.123 e. The Morgan fingerprint density at radius 3 is 3.00 bits per heavy atom. The van der Waals surface area contributed by atoms with Gasteiger partial charge in [0.2, 0.25) is 0 Å². The maximum Gasteiger partial charge on any atom is 0.123 e. The number of benzene rings is 1. The minimum Gasteiger partial charge on any atom is -0.388 e. The van der Waals surface area contributed by atoms with E-state index in [1.165, 1.54) is 12.1 Å². The second kappa shape index (κ2) is 4.62. The summed E-state index contributed by atoms with van der Waals surface area (Å²) in [6.07, 6.45) is 1.08. The molecule has 1 aromatic rings. The molecule has 0 saturated heterocycles. The van der Waals surface area contributed by atoms with Crippen molar-refractivity contribution < 1.29 is 9.50 Å². The Bertz CT molecular complexity index is 319. The zero-order valence-corrected chi connectivity index (χ0v) is 8.48. The number of hydrogen-bond donors (Lipinski definition) is 2. The first-order chi connectivity index (χ1) is 6.27. The van der Waals surface area contributed by atoms with Crippen LogP contribution in [-0.4, -0.2) is 11.7 Å². The molecule has 0 fully saturated rings. The van der Waals surface area contributed by atoms with Crippen LogP contribution >= 0.6 is 12.4 Å². The monoisotopic (exact) mass is 217 g/mol. The molecule has 0 saturated carbocycles. The summed E-state index contributed by atoms with van der Waals surface area (Å²) >= 11 is 0. The fourth-order valence-corrected chi connectivity index (χ4v) is 1.64. The Morgan fingerprint density at radius 1 is 1.43 bits per heavy atom. The molecule has 0 amide bonds. The molecule has 78 valence electrons. The number of hydrogen-bond acceptors (Lipinski definition) is 2. The molecular weight excluding hydrogens is 205 g/mol. The molecule has 0 aliphatic carbocycles. The van der Waals surface area contributed by atoms with Crippen molar-refractivity contribution in [3.05, 3.63) is 29.6 Å². The third-order valence-electron chi connectivity index (χ3n) is 2.34. The molecule has 0 spiro atoms. The minimum absolute atomic E-state index is 0. The van der Waals surface area contributed by atoms with Crippen LogP contribution < -0.4 is 5.32 Å². The first-order valence-corrected chi connectivity index (χ1v) is 4.49. The third kappa shape index (κ3) is 2.16. The molecule has 1 heterocycles. The van der Waals surface area contributed by atoms with Crippen LogP contribution in [0.4, 0.5) is 10.1 Å². The van der Waals surface area contributed by atoms with Crippen molar-refractivity contribution in [3.63, 3.8) is 0 Å². The summed E-state index contributed by atoms with van der Waals surface area (Å²) < 4.78 is 12.9. The van der Waals surface area contributed by atoms with Gasteiger partial charge in [-0.05, 0) is 31.0 Å². The van der Waals surface area contributed by atoms with Crippen LogP contribution in [0, 0.1) is 5.82 Å². The van der Waals surface area contributed by atoms with Gasteiger partial charge in [0.15, 0.2) is 0 Å². The standard InChI is InChI=1S/C10H12FNO.ClH/c11-7-3-4-9-8(6-7)10(13)2-1-5-12-9;/h3-4,6,10,12-13H,1-2,5H2;1H. The third-order valence-corrected chi connectivity index (χ3v) is 2.34. The lowest BCUT2D eigenvalue weighted by atomic mass is 10.0. The second-order valence-electron chi connectivity index (χ2n) is 3.32. The Labute approximate surface area is 88.5 Å². The number of aliphatic hydroxyl groups is 1. The molecule has 2 nitrogen and oxygen atoms in total. The fourth-order valence-electron chi connectivity index (χ4n) is 1.64. The van der Waals surface area contributed by atoms with Gasteiger partial charge in [-0.2, -0.15) is 0 Å². The molecule has 1 atom stereocenters. The maximum atomic E-state index is 12.9. The predicted molar refractivity (Wildman–Crippen MR) is 56.3 cm³/mol. The Hall–Kier alpha value is -0.800. The minimum atomic E-state index is -0.527. The van der Waals surface area contributed by atoms with Crippen molar-refractivity contribution in [1.29, 1.82) is 0 Å². The average molecular weight is 218 g/mol. The molecule has 14 heavy (non-hydrogen) atoms. The van der Waals surface area contributed by atoms with E-state index < -0.39 is 6.10 Å². The zero-order chi connectivity index (χ0) is 9.26. The number of fused-ring (bicyclic) bond motifs is 1. The topological polar surface area (TPSA) is 32.3 Å². The fraction of sp³-hybridized carbons (Fsp3) is 0.400. The van der Waals surface area contributed by atoms with Crippen molar-refractivity contribution in [3.8, 4) is 0 Å². The van der Waals surface area contributed by atoms with Gasteiger partial charge in [0.05, 0.1) is 6.10 Å². The van der Waals surface area contributed by atoms with Gasteiger partial charge < -0.3 is 10.4 Å². The summed E-state index contributed by atoms with van der Waals surface area (Å²) in [4.78, 5) is 0. The van der Waals surface area contributed by atoms with E-state index in [-0.39, 0.29) is 18.2 Å². The lowest BCUT2D eigenvalue weighted by Crippen LogP contribution is -2.00. The van der Waals surface area contributed by atoms with Gasteiger partial charge in [-0.3, -0.25) is 0 Å². The van der Waals surface area contributed by atoms with Gasteiger partial charge in [-0.15, -0.1) is 12.4 Å². The van der Waals surface area contributed by atoms with Crippen LogP contribution in [0.15, 0.2) is 18.2 Å². The number of nitrogens with one attached hydrogen (secondary N) is 1. The maximum absolute atomic E-state index is 12.9. The van der Waals surface area contributed by atoms with E-state index in [1.807, 2.05) is 0 Å². The number of rotatable bonds is 0. The molecule has 1 unspecified atom stereocenters. The summed E-state index contributed by atoms with van der Waals surface area (Å²) in [7, 11) is 0. The predicted octanol–water partition coefficient (Wildman–Crippen LogP) is 2.49. The Morgan fingerprint density at radius 2 is 2.21 bits per heavy atom. The van der Waals surface area contributed by atoms with E-state index in [0.717, 1.165) is 18.7 Å². The molecule has 0 bridgehead atoms. The Balaban J connectivity index is 0.000000980. The molecular formula is C10H13ClFNO. The van der Waals surface area contributed by atoms with Crippen LogP contribution in [0.1, 0.15) is 24.5 Å². The van der Waals surface area contributed by atoms with Crippen molar-refractivity contribution >= 4 is 18.1 Å². The van der Waals surface area contributed by atoms with Gasteiger partial charge in [-0.25, -0.2) is 4.39 Å². The van der Waals surface area contributed by atoms with Gasteiger partial charge in [-0.1, -0.05) is 0 Å². The molecule has 0 aromatic heterocycles. The normalized spacial score (nSPS) is 20.0. The van der Waals surface area contributed by atoms with E-state index in [1.54, 1.807) is 6.07 Å². The molecule has 4 heteroatoms. The SMILES string of the molecule is Cl.OC1CCCNc2ccc(F)cc21. The molecule has 1 aromatic carbocycles. The summed E-state index contributed by atoms with van der Waals surface area (Å²) in [6, 6.07) is 4.49. The van der Waals surface area contributed by atoms with Crippen LogP contribution in [-0.2, 0) is 0 Å². The van der Waals surface area contributed by atoms with Crippen molar-refractivity contribution in [2.24, 2.45) is 0 Å². The highest BCUT2D eigenvalue weighted by Gasteiger charge is 2.16. The van der Waals surface area contributed by atoms with Crippen molar-refractivity contribution in [1.82, 2.24) is 0 Å². The Kier molecular flexibility index (Phi) is 3.72. The van der Waals surface area contributed by atoms with Gasteiger partial charge in [0, 0.05) is 17.8 Å². The van der Waals surface area contributed by atoms with E-state index in [4.69, 9.17) is 0 Å². The van der Waals surface area contributed by atoms with E-state index >= 15 is 0 Å². The van der Waals surface area contributed by atoms with Crippen LogP contribution in [0.5, 0.6) is 0 Å². The highest BCUT2D eigenvalue weighted by molar-refractivity contribution is 5.85. The van der Waals surface area contributed by atoms with Gasteiger partial charge in [0.25, 0.3) is 0 Å². The lowest BCUT2D eigenvalue weighted by Gasteiger charge is -2.10. The van der Waals surface area contributed by atoms with Crippen LogP contribution in [0.25, 0.3) is 0 Å². The second-order valence-corrected chi connectivity index (χ2v) is 3.32. The van der Waals surface area contributed by atoms with Gasteiger partial charge >= 0.3 is 0 Å². The van der Waals surface area contributed by atoms with E-state index in [9.17, 15) is 9.50 Å². The lowest BCUT2D eigenvalue weighted by molar-refractivity contribution is 0.168. The molecule has 1 aliphatic rings. The van der Waals surface area contributed by atoms with Crippen molar-refractivity contribution in [2.75, 3.05) is 11.9 Å². The van der Waals surface area contributed by atoms with Gasteiger partial charge in [0.1, 0.15) is 5.82 Å². The molecule has 1 aliphatic heterocycles. The summed E-state index contributed by atoms with van der Waals surface area (Å²) in [5, 5.41) is 12.8. The number of aliphatic hydroxyl groups excluding tert-OH is 1. The summed E-state index contributed by atoms with van der Waals surface area (Å²) in [6.45, 7) is 0.843. The summed E-state index contributed by atoms with van der Waals surface area (Å²) in [5.41, 5.74) is 1.53. The molecule has 0 radical (unpaired) electrons. The first kappa shape index (κ1) is 11.3. The molecule has 2 N–H and O–H groups in total. The number of anilines is 1. The van der Waals surface area contributed by atoms with Crippen LogP contribution in [0.2, 0.25) is 0 Å². The van der Waals surface area contributed by atoms with Crippen molar-refractivity contribution in [2.45, 2.75) is 18.9 Å². The largest absolute Gasteiger partial charge is 0.388 e. The average Bonchev–Trinajstić information content (AvgIpc) is 2.29. The quantitative estimate of drug-likeness (QED) is 0.700. The van der Waals surface area contributed by atoms with Crippen LogP contribution in [0.3, 0.4) is 0 Å². The zero-order valence-electron chi connectivity index (χ0n) is 7.66. The van der Waals surface area contributed by atoms with E-state index in [2.05, 4.69) is 5.32 Å².